The van der Waals surface area contributed by atoms with E-state index >= 15 is 0 Å². The molecule has 0 aliphatic rings. The lowest BCUT2D eigenvalue weighted by Crippen LogP contribution is -1.78. The maximum absolute atomic E-state index is 12.5. The van der Waals surface area contributed by atoms with Crippen molar-refractivity contribution in [3.63, 3.8) is 0 Å². The molecule has 0 aliphatic heterocycles. The summed E-state index contributed by atoms with van der Waals surface area (Å²) in [5, 5.41) is 0. The van der Waals surface area contributed by atoms with Gasteiger partial charge in [0.1, 0.15) is 5.82 Å². The molecule has 1 rings (SSSR count). The summed E-state index contributed by atoms with van der Waals surface area (Å²) in [5.41, 5.74) is 0. The van der Waals surface area contributed by atoms with E-state index in [0.717, 1.165) is 0 Å². The minimum atomic E-state index is -0.207. The molecule has 3 heteroatoms. The van der Waals surface area contributed by atoms with Gasteiger partial charge in [-0.3, -0.25) is 0 Å². The summed E-state index contributed by atoms with van der Waals surface area (Å²) in [4.78, 5) is 0. The largest absolute Gasteiger partial charge is 0.206 e. The molecular formula is C6H2BrFI. The van der Waals surface area contributed by atoms with Crippen LogP contribution in [0.1, 0.15) is 0 Å². The first kappa shape index (κ1) is 7.47. The zero-order valence-electron chi connectivity index (χ0n) is 4.29. The summed E-state index contributed by atoms with van der Waals surface area (Å²) in [6.07, 6.45) is 0. The van der Waals surface area contributed by atoms with Crippen LogP contribution in [-0.4, -0.2) is 0 Å². The Morgan fingerprint density at radius 3 is 2.78 bits per heavy atom. The molecule has 0 bridgehead atoms. The average molecular weight is 300 g/mol. The van der Waals surface area contributed by atoms with Crippen LogP contribution in [0.4, 0.5) is 4.39 Å². The molecule has 1 aromatic carbocycles. The first-order valence-electron chi connectivity index (χ1n) is 2.22. The maximum atomic E-state index is 12.5. The first-order valence-corrected chi connectivity index (χ1v) is 4.09. The number of hydrogen-bond acceptors (Lipinski definition) is 0. The van der Waals surface area contributed by atoms with Crippen LogP contribution in [0.3, 0.4) is 0 Å². The first-order chi connectivity index (χ1) is 4.20. The van der Waals surface area contributed by atoms with Gasteiger partial charge in [-0.25, -0.2) is 4.39 Å². The van der Waals surface area contributed by atoms with E-state index in [1.807, 2.05) is 22.6 Å². The zero-order valence-corrected chi connectivity index (χ0v) is 8.03. The van der Waals surface area contributed by atoms with Crippen LogP contribution in [0.5, 0.6) is 0 Å². The second kappa shape index (κ2) is 2.96. The standard InChI is InChI=1S/C6H2BrFI/c7-4-1-2-6(9)5(8)3-4/h2-3H. The molecule has 0 unspecified atom stereocenters. The number of hydrogen-bond donors (Lipinski definition) is 0. The molecule has 0 heterocycles. The van der Waals surface area contributed by atoms with E-state index in [2.05, 4.69) is 22.0 Å². The Labute approximate surface area is 74.7 Å². The van der Waals surface area contributed by atoms with E-state index in [0.29, 0.717) is 8.04 Å². The summed E-state index contributed by atoms with van der Waals surface area (Å²) in [6.45, 7) is 0. The molecule has 0 N–H and O–H groups in total. The lowest BCUT2D eigenvalue weighted by Gasteiger charge is -1.91. The van der Waals surface area contributed by atoms with Crippen LogP contribution in [0.2, 0.25) is 0 Å². The van der Waals surface area contributed by atoms with Gasteiger partial charge in [-0.15, -0.1) is 0 Å². The van der Waals surface area contributed by atoms with Gasteiger partial charge in [0.15, 0.2) is 0 Å². The summed E-state index contributed by atoms with van der Waals surface area (Å²) in [7, 11) is 0. The number of rotatable bonds is 0. The van der Waals surface area contributed by atoms with Crippen molar-refractivity contribution < 1.29 is 4.39 Å². The van der Waals surface area contributed by atoms with E-state index < -0.39 is 0 Å². The van der Waals surface area contributed by atoms with Gasteiger partial charge in [-0.05, 0) is 40.8 Å². The summed E-state index contributed by atoms with van der Waals surface area (Å²) in [6, 6.07) is 5.80. The van der Waals surface area contributed by atoms with Crippen molar-refractivity contribution in [3.05, 3.63) is 32.1 Å². The molecule has 1 radical (unpaired) electrons. The molecule has 0 aliphatic carbocycles. The van der Waals surface area contributed by atoms with E-state index in [1.54, 1.807) is 6.07 Å². The highest BCUT2D eigenvalue weighted by molar-refractivity contribution is 14.1. The lowest BCUT2D eigenvalue weighted by molar-refractivity contribution is 0.619. The predicted octanol–water partition coefficient (Wildman–Crippen LogP) is 2.99. The van der Waals surface area contributed by atoms with Gasteiger partial charge in [0.05, 0.1) is 0 Å². The topological polar surface area (TPSA) is 0 Å². The minimum absolute atomic E-state index is 0.207. The Hall–Kier alpha value is 0.360. The molecule has 0 saturated heterocycles. The SMILES string of the molecule is Fc1cc(Br)[c]cc1I. The third kappa shape index (κ3) is 1.89. The van der Waals surface area contributed by atoms with Gasteiger partial charge in [-0.2, -0.15) is 0 Å². The van der Waals surface area contributed by atoms with Gasteiger partial charge >= 0.3 is 0 Å². The lowest BCUT2D eigenvalue weighted by atomic mass is 10.4. The van der Waals surface area contributed by atoms with E-state index in [1.165, 1.54) is 6.07 Å². The van der Waals surface area contributed by atoms with Crippen molar-refractivity contribution in [1.82, 2.24) is 0 Å². The number of benzene rings is 1. The van der Waals surface area contributed by atoms with E-state index in [4.69, 9.17) is 0 Å². The quantitative estimate of drug-likeness (QED) is 0.510. The third-order valence-electron chi connectivity index (χ3n) is 0.818. The van der Waals surface area contributed by atoms with E-state index in [9.17, 15) is 4.39 Å². The Morgan fingerprint density at radius 1 is 1.67 bits per heavy atom. The fourth-order valence-corrected chi connectivity index (χ4v) is 1.05. The van der Waals surface area contributed by atoms with Crippen molar-refractivity contribution in [2.45, 2.75) is 0 Å². The van der Waals surface area contributed by atoms with Crippen LogP contribution >= 0.6 is 38.5 Å². The molecule has 0 amide bonds. The van der Waals surface area contributed by atoms with Gasteiger partial charge < -0.3 is 0 Å². The molecule has 0 spiro atoms. The summed E-state index contributed by atoms with van der Waals surface area (Å²) < 4.78 is 13.8. The summed E-state index contributed by atoms with van der Waals surface area (Å²) in [5.74, 6) is -0.207. The van der Waals surface area contributed by atoms with E-state index in [-0.39, 0.29) is 5.82 Å². The Kier molecular flexibility index (Phi) is 2.46. The van der Waals surface area contributed by atoms with Gasteiger partial charge in [0, 0.05) is 8.04 Å². The van der Waals surface area contributed by atoms with Crippen LogP contribution in [0.15, 0.2) is 16.6 Å². The highest BCUT2D eigenvalue weighted by atomic mass is 127. The van der Waals surface area contributed by atoms with Crippen molar-refractivity contribution in [1.29, 1.82) is 0 Å². The fourth-order valence-electron chi connectivity index (χ4n) is 0.423. The molecule has 1 aromatic rings. The molecule has 0 nitrogen and oxygen atoms in total. The Bertz CT molecular complexity index is 224. The number of halogens is 3. The average Bonchev–Trinajstić information content (AvgIpc) is 1.80. The van der Waals surface area contributed by atoms with Crippen LogP contribution in [0.25, 0.3) is 0 Å². The van der Waals surface area contributed by atoms with Gasteiger partial charge in [0.25, 0.3) is 0 Å². The molecule has 0 fully saturated rings. The van der Waals surface area contributed by atoms with Crippen molar-refractivity contribution in [3.8, 4) is 0 Å². The van der Waals surface area contributed by atoms with Crippen LogP contribution in [0, 0.1) is 15.5 Å². The van der Waals surface area contributed by atoms with Crippen molar-refractivity contribution in [2.75, 3.05) is 0 Å². The molecule has 0 atom stereocenters. The Balaban J connectivity index is 3.17. The highest BCUT2D eigenvalue weighted by Crippen LogP contribution is 2.15. The second-order valence-electron chi connectivity index (χ2n) is 1.48. The minimum Gasteiger partial charge on any atom is -0.206 e. The third-order valence-corrected chi connectivity index (χ3v) is 2.10. The zero-order chi connectivity index (χ0) is 6.85. The Morgan fingerprint density at radius 2 is 2.33 bits per heavy atom. The monoisotopic (exact) mass is 299 g/mol. The smallest absolute Gasteiger partial charge is 0.137 e. The van der Waals surface area contributed by atoms with Gasteiger partial charge in [0.2, 0.25) is 0 Å². The van der Waals surface area contributed by atoms with Crippen LogP contribution in [-0.2, 0) is 0 Å². The highest BCUT2D eigenvalue weighted by Gasteiger charge is 1.96. The van der Waals surface area contributed by atoms with Gasteiger partial charge in [-0.1, -0.05) is 15.9 Å². The maximum Gasteiger partial charge on any atom is 0.137 e. The van der Waals surface area contributed by atoms with Crippen molar-refractivity contribution >= 4 is 38.5 Å². The fraction of sp³-hybridized carbons (Fsp3) is 0. The molecule has 9 heavy (non-hydrogen) atoms. The molecule has 0 saturated carbocycles. The summed E-state index contributed by atoms with van der Waals surface area (Å²) >= 11 is 5.01. The van der Waals surface area contributed by atoms with Crippen molar-refractivity contribution in [2.24, 2.45) is 0 Å². The predicted molar refractivity (Wildman–Crippen MR) is 45.7 cm³/mol. The molecular weight excluding hydrogens is 298 g/mol. The van der Waals surface area contributed by atoms with Crippen LogP contribution < -0.4 is 0 Å². The second-order valence-corrected chi connectivity index (χ2v) is 3.49. The normalized spacial score (nSPS) is 9.67. The molecule has 47 valence electrons. The molecule has 0 aromatic heterocycles.